The Hall–Kier alpha value is -2.56. The summed E-state index contributed by atoms with van der Waals surface area (Å²) in [4.78, 5) is 15.3. The lowest BCUT2D eigenvalue weighted by Gasteiger charge is -2.30. The van der Waals surface area contributed by atoms with Crippen LogP contribution < -0.4 is 9.47 Å². The minimum atomic E-state index is -0.237. The lowest BCUT2D eigenvalue weighted by Crippen LogP contribution is -2.40. The Bertz CT molecular complexity index is 800. The standard InChI is InChI=1S/C22H24FNO3/c23-18-8-5-16(6-9-18)11-12-24(19-3-1-2-4-19)22(25)17-7-10-20-21(15-17)27-14-13-26-20/h5-10,15,19H,1-4,11-14H2. The van der Waals surface area contributed by atoms with E-state index in [0.29, 0.717) is 43.2 Å². The van der Waals surface area contributed by atoms with Crippen molar-refractivity contribution in [3.63, 3.8) is 0 Å². The summed E-state index contributed by atoms with van der Waals surface area (Å²) in [5, 5.41) is 0. The molecule has 1 aliphatic heterocycles. The predicted octanol–water partition coefficient (Wildman–Crippen LogP) is 4.22. The third-order valence-electron chi connectivity index (χ3n) is 5.37. The molecule has 27 heavy (non-hydrogen) atoms. The van der Waals surface area contributed by atoms with Crippen LogP contribution in [0.4, 0.5) is 4.39 Å². The van der Waals surface area contributed by atoms with Gasteiger partial charge in [0.1, 0.15) is 19.0 Å². The number of ether oxygens (including phenoxy) is 2. The minimum Gasteiger partial charge on any atom is -0.486 e. The molecule has 1 amide bonds. The Kier molecular flexibility index (Phi) is 5.28. The summed E-state index contributed by atoms with van der Waals surface area (Å²) in [6.45, 7) is 1.66. The number of nitrogens with zero attached hydrogens (tertiary/aromatic N) is 1. The molecule has 0 bridgehead atoms. The first-order valence-electron chi connectivity index (χ1n) is 9.66. The van der Waals surface area contributed by atoms with Crippen LogP contribution in [0, 0.1) is 5.82 Å². The Morgan fingerprint density at radius 1 is 1.00 bits per heavy atom. The summed E-state index contributed by atoms with van der Waals surface area (Å²) >= 11 is 0. The van der Waals surface area contributed by atoms with Crippen LogP contribution >= 0.6 is 0 Å². The van der Waals surface area contributed by atoms with Crippen LogP contribution in [0.5, 0.6) is 11.5 Å². The second kappa shape index (κ2) is 7.99. The van der Waals surface area contributed by atoms with Crippen LogP contribution in [0.2, 0.25) is 0 Å². The van der Waals surface area contributed by atoms with E-state index < -0.39 is 0 Å². The first kappa shape index (κ1) is 17.8. The summed E-state index contributed by atoms with van der Waals surface area (Å²) in [6, 6.07) is 12.2. The maximum absolute atomic E-state index is 13.3. The average molecular weight is 369 g/mol. The Morgan fingerprint density at radius 2 is 1.70 bits per heavy atom. The molecular weight excluding hydrogens is 345 g/mol. The molecule has 1 heterocycles. The molecule has 5 heteroatoms. The molecule has 0 saturated heterocycles. The van der Waals surface area contributed by atoms with Gasteiger partial charge in [-0.3, -0.25) is 4.79 Å². The number of carbonyl (C=O) groups excluding carboxylic acids is 1. The van der Waals surface area contributed by atoms with Crippen molar-refractivity contribution < 1.29 is 18.7 Å². The molecular formula is C22H24FNO3. The molecule has 0 unspecified atom stereocenters. The van der Waals surface area contributed by atoms with Crippen molar-refractivity contribution in [2.24, 2.45) is 0 Å². The van der Waals surface area contributed by atoms with Gasteiger partial charge in [0.05, 0.1) is 0 Å². The van der Waals surface area contributed by atoms with Crippen molar-refractivity contribution in [1.29, 1.82) is 0 Å². The lowest BCUT2D eigenvalue weighted by atomic mass is 10.1. The molecule has 1 saturated carbocycles. The van der Waals surface area contributed by atoms with Crippen molar-refractivity contribution >= 4 is 5.91 Å². The van der Waals surface area contributed by atoms with E-state index in [0.717, 1.165) is 31.2 Å². The highest BCUT2D eigenvalue weighted by molar-refractivity contribution is 5.95. The summed E-state index contributed by atoms with van der Waals surface area (Å²) < 4.78 is 24.3. The van der Waals surface area contributed by atoms with Gasteiger partial charge < -0.3 is 14.4 Å². The molecule has 2 aromatic carbocycles. The van der Waals surface area contributed by atoms with Gasteiger partial charge in [-0.25, -0.2) is 4.39 Å². The molecule has 1 aliphatic carbocycles. The van der Waals surface area contributed by atoms with Crippen LogP contribution in [0.3, 0.4) is 0 Å². The number of rotatable bonds is 5. The zero-order chi connectivity index (χ0) is 18.6. The van der Waals surface area contributed by atoms with Gasteiger partial charge in [0.25, 0.3) is 5.91 Å². The summed E-state index contributed by atoms with van der Waals surface area (Å²) in [5.74, 6) is 1.12. The molecule has 0 aromatic heterocycles. The summed E-state index contributed by atoms with van der Waals surface area (Å²) in [6.07, 6.45) is 5.12. The van der Waals surface area contributed by atoms with Gasteiger partial charge in [-0.05, 0) is 55.2 Å². The number of benzene rings is 2. The van der Waals surface area contributed by atoms with Crippen LogP contribution in [-0.4, -0.2) is 36.6 Å². The molecule has 4 nitrogen and oxygen atoms in total. The van der Waals surface area contributed by atoms with Crippen molar-refractivity contribution in [3.05, 3.63) is 59.4 Å². The fourth-order valence-corrected chi connectivity index (χ4v) is 3.91. The molecule has 0 atom stereocenters. The van der Waals surface area contributed by atoms with Crippen molar-refractivity contribution in [3.8, 4) is 11.5 Å². The largest absolute Gasteiger partial charge is 0.486 e. The molecule has 0 radical (unpaired) electrons. The van der Waals surface area contributed by atoms with Gasteiger partial charge >= 0.3 is 0 Å². The number of hydrogen-bond acceptors (Lipinski definition) is 3. The number of halogens is 1. The van der Waals surface area contributed by atoms with E-state index in [9.17, 15) is 9.18 Å². The van der Waals surface area contributed by atoms with Crippen LogP contribution in [0.25, 0.3) is 0 Å². The van der Waals surface area contributed by atoms with Crippen LogP contribution in [-0.2, 0) is 6.42 Å². The van der Waals surface area contributed by atoms with Crippen LogP contribution in [0.15, 0.2) is 42.5 Å². The fraction of sp³-hybridized carbons (Fsp3) is 0.409. The van der Waals surface area contributed by atoms with Crippen LogP contribution in [0.1, 0.15) is 41.6 Å². The maximum atomic E-state index is 13.3. The van der Waals surface area contributed by atoms with Gasteiger partial charge in [0, 0.05) is 18.2 Å². The molecule has 142 valence electrons. The fourth-order valence-electron chi connectivity index (χ4n) is 3.91. The Balaban J connectivity index is 1.52. The smallest absolute Gasteiger partial charge is 0.254 e. The molecule has 2 aromatic rings. The van der Waals surface area contributed by atoms with E-state index in [4.69, 9.17) is 9.47 Å². The first-order chi connectivity index (χ1) is 13.2. The molecule has 2 aliphatic rings. The highest BCUT2D eigenvalue weighted by atomic mass is 19.1. The number of amides is 1. The summed E-state index contributed by atoms with van der Waals surface area (Å²) in [7, 11) is 0. The number of hydrogen-bond donors (Lipinski definition) is 0. The number of fused-ring (bicyclic) bond motifs is 1. The van der Waals surface area contributed by atoms with Gasteiger partial charge in [0.15, 0.2) is 11.5 Å². The third-order valence-corrected chi connectivity index (χ3v) is 5.37. The SMILES string of the molecule is O=C(c1ccc2c(c1)OCCO2)N(CCc1ccc(F)cc1)C1CCCC1. The monoisotopic (exact) mass is 369 g/mol. The first-order valence-corrected chi connectivity index (χ1v) is 9.66. The quantitative estimate of drug-likeness (QED) is 0.792. The van der Waals surface area contributed by atoms with Crippen molar-refractivity contribution in [2.45, 2.75) is 38.1 Å². The summed E-state index contributed by atoms with van der Waals surface area (Å²) in [5.41, 5.74) is 1.67. The average Bonchev–Trinajstić information content (AvgIpc) is 3.23. The Morgan fingerprint density at radius 3 is 2.44 bits per heavy atom. The van der Waals surface area contributed by atoms with E-state index in [1.165, 1.54) is 12.1 Å². The zero-order valence-electron chi connectivity index (χ0n) is 15.3. The predicted molar refractivity (Wildman–Crippen MR) is 101 cm³/mol. The van der Waals surface area contributed by atoms with Gasteiger partial charge in [-0.1, -0.05) is 25.0 Å². The van der Waals surface area contributed by atoms with E-state index in [1.807, 2.05) is 17.0 Å². The second-order valence-corrected chi connectivity index (χ2v) is 7.17. The van der Waals surface area contributed by atoms with E-state index in [1.54, 1.807) is 18.2 Å². The highest BCUT2D eigenvalue weighted by Crippen LogP contribution is 2.32. The zero-order valence-corrected chi connectivity index (χ0v) is 15.3. The molecule has 4 rings (SSSR count). The van der Waals surface area contributed by atoms with Crippen molar-refractivity contribution in [2.75, 3.05) is 19.8 Å². The normalized spacial score (nSPS) is 16.3. The minimum absolute atomic E-state index is 0.0287. The molecule has 1 fully saturated rings. The topological polar surface area (TPSA) is 38.8 Å². The lowest BCUT2D eigenvalue weighted by molar-refractivity contribution is 0.0683. The maximum Gasteiger partial charge on any atom is 0.254 e. The second-order valence-electron chi connectivity index (χ2n) is 7.17. The highest BCUT2D eigenvalue weighted by Gasteiger charge is 2.28. The third kappa shape index (κ3) is 4.07. The Labute approximate surface area is 158 Å². The molecule has 0 N–H and O–H groups in total. The van der Waals surface area contributed by atoms with E-state index in [2.05, 4.69) is 0 Å². The van der Waals surface area contributed by atoms with Gasteiger partial charge in [-0.15, -0.1) is 0 Å². The van der Waals surface area contributed by atoms with Crippen molar-refractivity contribution in [1.82, 2.24) is 4.90 Å². The van der Waals surface area contributed by atoms with E-state index >= 15 is 0 Å². The van der Waals surface area contributed by atoms with Gasteiger partial charge in [-0.2, -0.15) is 0 Å². The van der Waals surface area contributed by atoms with Gasteiger partial charge in [0.2, 0.25) is 0 Å². The van der Waals surface area contributed by atoms with E-state index in [-0.39, 0.29) is 17.8 Å². The number of carbonyl (C=O) groups is 1. The molecule has 0 spiro atoms.